The summed E-state index contributed by atoms with van der Waals surface area (Å²) in [5.74, 6) is 2.18. The maximum absolute atomic E-state index is 12.6. The molecule has 3 aromatic rings. The number of ether oxygens (including phenoxy) is 2. The summed E-state index contributed by atoms with van der Waals surface area (Å²) < 4.78 is 16.6. The number of nitrogens with one attached hydrogen (secondary N) is 2. The topological polar surface area (TPSA) is 126 Å². The van der Waals surface area contributed by atoms with Gasteiger partial charge in [-0.05, 0) is 0 Å². The quantitative estimate of drug-likeness (QED) is 0.109. The summed E-state index contributed by atoms with van der Waals surface area (Å²) in [6, 6.07) is 16.8. The van der Waals surface area contributed by atoms with E-state index in [1.165, 1.54) is 6.33 Å². The van der Waals surface area contributed by atoms with Crippen molar-refractivity contribution in [2.45, 2.75) is 32.8 Å². The second-order valence-corrected chi connectivity index (χ2v) is 14.2. The number of rotatable bonds is 6. The number of amides is 1. The summed E-state index contributed by atoms with van der Waals surface area (Å²) >= 11 is -1.86. The predicted molar refractivity (Wildman–Crippen MR) is 150 cm³/mol. The molecular weight excluding hydrogens is 571 g/mol. The molecule has 0 unspecified atom stereocenters. The van der Waals surface area contributed by atoms with E-state index in [-0.39, 0.29) is 17.6 Å². The van der Waals surface area contributed by atoms with Gasteiger partial charge in [-0.25, -0.2) is 0 Å². The van der Waals surface area contributed by atoms with Gasteiger partial charge in [0.05, 0.1) is 0 Å². The van der Waals surface area contributed by atoms with Gasteiger partial charge in [-0.15, -0.1) is 0 Å². The van der Waals surface area contributed by atoms with Crippen molar-refractivity contribution in [1.29, 1.82) is 5.41 Å². The Labute approximate surface area is 218 Å². The van der Waals surface area contributed by atoms with Crippen molar-refractivity contribution in [1.82, 2.24) is 14.9 Å². The molecule has 0 bridgehead atoms. The predicted octanol–water partition coefficient (Wildman–Crippen LogP) is 5.70. The van der Waals surface area contributed by atoms with Crippen molar-refractivity contribution in [3.8, 4) is 11.5 Å². The van der Waals surface area contributed by atoms with E-state index in [1.807, 2.05) is 75.4 Å². The van der Waals surface area contributed by atoms with Crippen LogP contribution in [0.25, 0.3) is 0 Å². The van der Waals surface area contributed by atoms with E-state index in [9.17, 15) is 4.79 Å². The summed E-state index contributed by atoms with van der Waals surface area (Å²) in [4.78, 5) is 22.9. The number of carbonyl (C=O) groups is 1. The Bertz CT molecular complexity index is 1210. The zero-order valence-electron chi connectivity index (χ0n) is 20.6. The zero-order chi connectivity index (χ0) is 25.7. The Kier molecular flexibility index (Phi) is 7.92. The van der Waals surface area contributed by atoms with Crippen LogP contribution in [0.3, 0.4) is 0 Å². The van der Waals surface area contributed by atoms with Crippen LogP contribution in [0.2, 0.25) is 0 Å². The summed E-state index contributed by atoms with van der Waals surface area (Å²) in [5, 5.41) is 8.86. The van der Waals surface area contributed by atoms with E-state index in [2.05, 4.69) is 13.5 Å². The molecule has 190 valence electrons. The number of nitrogens with two attached hydrogens (primary N) is 1. The number of anilines is 2. The molecule has 1 saturated heterocycles. The van der Waals surface area contributed by atoms with Crippen LogP contribution in [0.1, 0.15) is 38.3 Å². The Morgan fingerprint density at radius 3 is 2.47 bits per heavy atom. The molecule has 1 aliphatic heterocycles. The average Bonchev–Trinajstić information content (AvgIpc) is 2.84. The van der Waals surface area contributed by atoms with Gasteiger partial charge in [-0.3, -0.25) is 0 Å². The van der Waals surface area contributed by atoms with Crippen LogP contribution in [0.5, 0.6) is 11.5 Å². The first-order valence-electron chi connectivity index (χ1n) is 11.6. The van der Waals surface area contributed by atoms with Gasteiger partial charge >= 0.3 is 213 Å². The monoisotopic (exact) mass is 602 g/mol. The second kappa shape index (κ2) is 11.1. The van der Waals surface area contributed by atoms with Gasteiger partial charge in [0.2, 0.25) is 0 Å². The summed E-state index contributed by atoms with van der Waals surface area (Å²) in [7, 11) is 0. The van der Waals surface area contributed by atoms with Crippen molar-refractivity contribution in [3.05, 3.63) is 72.1 Å². The van der Waals surface area contributed by atoms with Gasteiger partial charge in [0, 0.05) is 0 Å². The molecule has 4 rings (SSSR count). The molecule has 0 aliphatic carbocycles. The Hall–Kier alpha value is -3.41. The third-order valence-electron chi connectivity index (χ3n) is 5.20. The van der Waals surface area contributed by atoms with Crippen molar-refractivity contribution in [3.63, 3.8) is 0 Å². The van der Waals surface area contributed by atoms with Crippen molar-refractivity contribution >= 4 is 43.5 Å². The molecular formula is C26H31IN6O3. The Morgan fingerprint density at radius 2 is 1.78 bits per heavy atom. The van der Waals surface area contributed by atoms with Crippen LogP contribution in [0.15, 0.2) is 60.9 Å². The molecule has 4 N–H and O–H groups in total. The number of aromatic nitrogens is 2. The van der Waals surface area contributed by atoms with Gasteiger partial charge in [0.25, 0.3) is 0 Å². The molecule has 1 aromatic heterocycles. The number of benzene rings is 2. The average molecular weight is 602 g/mol. The first-order chi connectivity index (χ1) is 17.2. The van der Waals surface area contributed by atoms with Gasteiger partial charge in [0.15, 0.2) is 0 Å². The number of hydrogen-bond donors (Lipinski definition) is 3. The first kappa shape index (κ1) is 25.7. The fourth-order valence-electron chi connectivity index (χ4n) is 3.55. The molecule has 0 atom stereocenters. The van der Waals surface area contributed by atoms with Crippen LogP contribution in [-0.4, -0.2) is 47.8 Å². The van der Waals surface area contributed by atoms with E-state index in [1.54, 1.807) is 4.90 Å². The number of nitrogens with zero attached hydrogens (tertiary/aromatic N) is 3. The van der Waals surface area contributed by atoms with E-state index in [0.717, 1.165) is 16.6 Å². The normalized spacial score (nSPS) is 14.8. The molecule has 0 saturated carbocycles. The molecule has 0 radical (unpaired) electrons. The van der Waals surface area contributed by atoms with Gasteiger partial charge in [-0.1, -0.05) is 6.07 Å². The zero-order valence-corrected chi connectivity index (χ0v) is 22.8. The minimum absolute atomic E-state index is 0.221. The summed E-state index contributed by atoms with van der Waals surface area (Å²) in [6.07, 6.45) is 2.00. The van der Waals surface area contributed by atoms with Crippen LogP contribution in [0, 0.1) is 5.41 Å². The van der Waals surface area contributed by atoms with Crippen LogP contribution in [0.4, 0.5) is 16.4 Å². The molecule has 1 fully saturated rings. The van der Waals surface area contributed by atoms with E-state index in [4.69, 9.17) is 20.6 Å². The third kappa shape index (κ3) is 6.62. The van der Waals surface area contributed by atoms with E-state index >= 15 is 0 Å². The molecule has 0 spiro atoms. The summed E-state index contributed by atoms with van der Waals surface area (Å²) in [5.41, 5.74) is 7.03. The summed E-state index contributed by atoms with van der Waals surface area (Å²) in [6.45, 7) is 6.28. The Balaban J connectivity index is 1.48. The van der Waals surface area contributed by atoms with Gasteiger partial charge in [0.1, 0.15) is 0 Å². The first-order valence-corrected chi connectivity index (χ1v) is 15.7. The molecule has 2 heterocycles. The van der Waals surface area contributed by atoms with Crippen LogP contribution in [-0.2, 0) is 4.74 Å². The number of nitrogen functional groups attached to an aromatic ring is 1. The molecule has 9 nitrogen and oxygen atoms in total. The van der Waals surface area contributed by atoms with Gasteiger partial charge < -0.3 is 0 Å². The SMILES string of the molecule is CC(C)(C)OC(=O)N1CCCI(Nc2ncnc(N)c2C(=N)c2ccc(Oc3ccccc3)cc2)C1. The number of para-hydroxylation sites is 1. The van der Waals surface area contributed by atoms with Crippen LogP contribution >= 0.6 is 20.1 Å². The molecule has 1 amide bonds. The fraction of sp³-hybridized carbons (Fsp3) is 0.308. The fourth-order valence-corrected chi connectivity index (χ4v) is 8.34. The van der Waals surface area contributed by atoms with E-state index in [0.29, 0.717) is 33.8 Å². The molecule has 36 heavy (non-hydrogen) atoms. The van der Waals surface area contributed by atoms with Crippen LogP contribution < -0.4 is 14.0 Å². The molecule has 2 aromatic carbocycles. The number of hydrogen-bond acceptors (Lipinski definition) is 8. The molecule has 1 aliphatic rings. The van der Waals surface area contributed by atoms with E-state index < -0.39 is 25.7 Å². The third-order valence-corrected chi connectivity index (χ3v) is 10.2. The van der Waals surface area contributed by atoms with Crippen molar-refractivity contribution in [2.24, 2.45) is 0 Å². The van der Waals surface area contributed by atoms with Crippen molar-refractivity contribution in [2.75, 3.05) is 24.8 Å². The number of carbonyl (C=O) groups excluding carboxylic acids is 1. The second-order valence-electron chi connectivity index (χ2n) is 9.25. The molecule has 10 heteroatoms. The number of halogens is 1. The number of alkyl halides is 2. The minimum atomic E-state index is -1.86. The van der Waals surface area contributed by atoms with Gasteiger partial charge in [-0.2, -0.15) is 0 Å². The van der Waals surface area contributed by atoms with Crippen molar-refractivity contribution < 1.29 is 14.3 Å². The standard InChI is InChI=1S/C26H31IN6O3/c1-26(2,3)36-25(34)33-15-7-14-27(16-33)32-24-21(23(29)30-17-31-24)22(28)18-10-12-20(13-11-18)35-19-8-5-4-6-9-19/h4-6,8-13,17,28H,7,14-16H2,1-3H3,(H3,29,30,31,32). The maximum atomic E-state index is 12.6. The Morgan fingerprint density at radius 1 is 1.08 bits per heavy atom.